The minimum absolute atomic E-state index is 0.529. The highest BCUT2D eigenvalue weighted by atomic mass is 127. The molecular formula is C9H11ClIN3. The molecule has 0 bridgehead atoms. The standard InChI is InChI=1S/C9H11ClIN3/c10-8-7(11)9(13-5-12-8)14-6-3-1-2-4-6/h5-6H,1-4H2,(H,12,13,14). The number of nitrogens with one attached hydrogen (secondary N) is 1. The van der Waals surface area contributed by atoms with E-state index in [0.717, 1.165) is 9.39 Å². The lowest BCUT2D eigenvalue weighted by Gasteiger charge is -2.13. The van der Waals surface area contributed by atoms with Gasteiger partial charge in [0.2, 0.25) is 0 Å². The lowest BCUT2D eigenvalue weighted by atomic mass is 10.2. The molecule has 1 aromatic heterocycles. The molecule has 1 aliphatic rings. The van der Waals surface area contributed by atoms with Gasteiger partial charge in [-0.15, -0.1) is 0 Å². The fourth-order valence-electron chi connectivity index (χ4n) is 1.71. The second-order valence-electron chi connectivity index (χ2n) is 3.45. The quantitative estimate of drug-likeness (QED) is 0.671. The molecule has 76 valence electrons. The molecule has 0 unspecified atom stereocenters. The molecule has 2 rings (SSSR count). The van der Waals surface area contributed by atoms with Crippen molar-refractivity contribution in [3.05, 3.63) is 15.1 Å². The Bertz CT molecular complexity index is 326. The van der Waals surface area contributed by atoms with Gasteiger partial charge in [0.05, 0.1) is 3.57 Å². The van der Waals surface area contributed by atoms with Crippen molar-refractivity contribution in [2.75, 3.05) is 5.32 Å². The van der Waals surface area contributed by atoms with Crippen LogP contribution in [-0.2, 0) is 0 Å². The topological polar surface area (TPSA) is 37.8 Å². The molecule has 0 atom stereocenters. The van der Waals surface area contributed by atoms with Gasteiger partial charge in [0.25, 0.3) is 0 Å². The number of hydrogen-bond acceptors (Lipinski definition) is 3. The maximum Gasteiger partial charge on any atom is 0.147 e. The number of nitrogens with zero attached hydrogens (tertiary/aromatic N) is 2. The van der Waals surface area contributed by atoms with Crippen molar-refractivity contribution < 1.29 is 0 Å². The van der Waals surface area contributed by atoms with E-state index in [2.05, 4.69) is 37.9 Å². The summed E-state index contributed by atoms with van der Waals surface area (Å²) in [4.78, 5) is 8.11. The first kappa shape index (κ1) is 10.4. The van der Waals surface area contributed by atoms with Gasteiger partial charge < -0.3 is 5.32 Å². The zero-order valence-electron chi connectivity index (χ0n) is 7.63. The van der Waals surface area contributed by atoms with E-state index in [1.165, 1.54) is 32.0 Å². The van der Waals surface area contributed by atoms with Crippen LogP contribution in [0.5, 0.6) is 0 Å². The third-order valence-electron chi connectivity index (χ3n) is 2.44. The van der Waals surface area contributed by atoms with Gasteiger partial charge in [-0.25, -0.2) is 9.97 Å². The molecule has 1 aliphatic carbocycles. The van der Waals surface area contributed by atoms with Gasteiger partial charge in [-0.2, -0.15) is 0 Å². The van der Waals surface area contributed by atoms with Crippen LogP contribution >= 0.6 is 34.2 Å². The summed E-state index contributed by atoms with van der Waals surface area (Å²) in [5.41, 5.74) is 0. The highest BCUT2D eigenvalue weighted by Crippen LogP contribution is 2.26. The second kappa shape index (κ2) is 4.61. The van der Waals surface area contributed by atoms with E-state index in [9.17, 15) is 0 Å². The third kappa shape index (κ3) is 2.28. The minimum atomic E-state index is 0.529. The molecule has 5 heteroatoms. The number of hydrogen-bond donors (Lipinski definition) is 1. The summed E-state index contributed by atoms with van der Waals surface area (Å²) in [5.74, 6) is 0.873. The normalized spacial score (nSPS) is 17.3. The zero-order chi connectivity index (χ0) is 9.97. The molecule has 0 amide bonds. The molecular weight excluding hydrogens is 312 g/mol. The van der Waals surface area contributed by atoms with Crippen LogP contribution in [0.25, 0.3) is 0 Å². The summed E-state index contributed by atoms with van der Waals surface area (Å²) >= 11 is 8.07. The van der Waals surface area contributed by atoms with Gasteiger partial charge in [0.1, 0.15) is 17.3 Å². The van der Waals surface area contributed by atoms with E-state index in [-0.39, 0.29) is 0 Å². The summed E-state index contributed by atoms with van der Waals surface area (Å²) in [6.07, 6.45) is 6.59. The third-order valence-corrected chi connectivity index (χ3v) is 4.07. The van der Waals surface area contributed by atoms with Gasteiger partial charge in [-0.05, 0) is 35.4 Å². The minimum Gasteiger partial charge on any atom is -0.366 e. The van der Waals surface area contributed by atoms with Crippen molar-refractivity contribution in [3.63, 3.8) is 0 Å². The van der Waals surface area contributed by atoms with Gasteiger partial charge >= 0.3 is 0 Å². The van der Waals surface area contributed by atoms with Crippen LogP contribution in [0.15, 0.2) is 6.33 Å². The van der Waals surface area contributed by atoms with Crippen LogP contribution in [0, 0.1) is 3.57 Å². The van der Waals surface area contributed by atoms with Crippen molar-refractivity contribution in [2.45, 2.75) is 31.7 Å². The van der Waals surface area contributed by atoms with Crippen molar-refractivity contribution in [1.82, 2.24) is 9.97 Å². The van der Waals surface area contributed by atoms with Gasteiger partial charge in [-0.3, -0.25) is 0 Å². The molecule has 1 heterocycles. The van der Waals surface area contributed by atoms with Crippen LogP contribution < -0.4 is 5.32 Å². The highest BCUT2D eigenvalue weighted by Gasteiger charge is 2.16. The van der Waals surface area contributed by atoms with E-state index in [1.54, 1.807) is 0 Å². The molecule has 0 radical (unpaired) electrons. The van der Waals surface area contributed by atoms with Crippen LogP contribution in [0.3, 0.4) is 0 Å². The first-order valence-electron chi connectivity index (χ1n) is 4.70. The lowest BCUT2D eigenvalue weighted by Crippen LogP contribution is -2.16. The van der Waals surface area contributed by atoms with Crippen molar-refractivity contribution in [2.24, 2.45) is 0 Å². The fourth-order valence-corrected chi connectivity index (χ4v) is 2.28. The van der Waals surface area contributed by atoms with E-state index >= 15 is 0 Å². The zero-order valence-corrected chi connectivity index (χ0v) is 10.5. The van der Waals surface area contributed by atoms with E-state index in [1.807, 2.05) is 0 Å². The molecule has 3 nitrogen and oxygen atoms in total. The molecule has 1 N–H and O–H groups in total. The largest absolute Gasteiger partial charge is 0.366 e. The predicted octanol–water partition coefficient (Wildman–Crippen LogP) is 3.09. The van der Waals surface area contributed by atoms with E-state index in [4.69, 9.17) is 11.6 Å². The first-order chi connectivity index (χ1) is 6.77. The molecule has 0 spiro atoms. The Labute approximate surface area is 102 Å². The average molecular weight is 324 g/mol. The number of anilines is 1. The maximum absolute atomic E-state index is 5.90. The van der Waals surface area contributed by atoms with Gasteiger partial charge in [0, 0.05) is 6.04 Å². The SMILES string of the molecule is Clc1ncnc(NC2CCCC2)c1I. The molecule has 1 fully saturated rings. The predicted molar refractivity (Wildman–Crippen MR) is 65.6 cm³/mol. The van der Waals surface area contributed by atoms with Crippen LogP contribution in [0.2, 0.25) is 5.15 Å². The van der Waals surface area contributed by atoms with E-state index < -0.39 is 0 Å². The van der Waals surface area contributed by atoms with Crippen molar-refractivity contribution in [3.8, 4) is 0 Å². The fraction of sp³-hybridized carbons (Fsp3) is 0.556. The number of aromatic nitrogens is 2. The highest BCUT2D eigenvalue weighted by molar-refractivity contribution is 14.1. The van der Waals surface area contributed by atoms with Crippen LogP contribution in [0.4, 0.5) is 5.82 Å². The first-order valence-corrected chi connectivity index (χ1v) is 6.15. The lowest BCUT2D eigenvalue weighted by molar-refractivity contribution is 0.748. The summed E-state index contributed by atoms with van der Waals surface area (Å²) in [6.45, 7) is 0. The monoisotopic (exact) mass is 323 g/mol. The van der Waals surface area contributed by atoms with Crippen LogP contribution in [-0.4, -0.2) is 16.0 Å². The Balaban J connectivity index is 2.11. The Kier molecular flexibility index (Phi) is 3.43. The summed E-state index contributed by atoms with van der Waals surface area (Å²) in [5, 5.41) is 3.94. The molecule has 0 saturated heterocycles. The van der Waals surface area contributed by atoms with Crippen molar-refractivity contribution >= 4 is 40.0 Å². The van der Waals surface area contributed by atoms with Crippen molar-refractivity contribution in [1.29, 1.82) is 0 Å². The van der Waals surface area contributed by atoms with Crippen LogP contribution in [0.1, 0.15) is 25.7 Å². The Morgan fingerprint density at radius 3 is 2.79 bits per heavy atom. The Morgan fingerprint density at radius 1 is 1.36 bits per heavy atom. The Morgan fingerprint density at radius 2 is 2.07 bits per heavy atom. The summed E-state index contributed by atoms with van der Waals surface area (Å²) < 4.78 is 0.915. The molecule has 1 aromatic rings. The summed E-state index contributed by atoms with van der Waals surface area (Å²) in [7, 11) is 0. The molecule has 1 saturated carbocycles. The maximum atomic E-state index is 5.90. The number of rotatable bonds is 2. The molecule has 0 aromatic carbocycles. The summed E-state index contributed by atoms with van der Waals surface area (Å²) in [6, 6.07) is 0.564. The molecule has 14 heavy (non-hydrogen) atoms. The molecule has 0 aliphatic heterocycles. The van der Waals surface area contributed by atoms with E-state index in [0.29, 0.717) is 11.2 Å². The second-order valence-corrected chi connectivity index (χ2v) is 4.89. The number of halogens is 2. The Hall–Kier alpha value is -0.100. The van der Waals surface area contributed by atoms with Gasteiger partial charge in [0.15, 0.2) is 0 Å². The average Bonchev–Trinajstić information content (AvgIpc) is 2.66. The smallest absolute Gasteiger partial charge is 0.147 e. The van der Waals surface area contributed by atoms with Gasteiger partial charge in [-0.1, -0.05) is 24.4 Å².